The minimum absolute atomic E-state index is 0.0461. The molecule has 9 heavy (non-hydrogen) atoms. The molecule has 0 unspecified atom stereocenters. The summed E-state index contributed by atoms with van der Waals surface area (Å²) in [6.45, 7) is -0.122. The zero-order valence-corrected chi connectivity index (χ0v) is 4.44. The quantitative estimate of drug-likeness (QED) is 0.236. The van der Waals surface area contributed by atoms with Gasteiger partial charge in [0.1, 0.15) is 6.61 Å². The molecule has 0 radical (unpaired) electrons. The number of rotatable bonds is 5. The van der Waals surface area contributed by atoms with Gasteiger partial charge < -0.3 is 4.84 Å². The van der Waals surface area contributed by atoms with E-state index in [1.807, 2.05) is 5.43 Å². The van der Waals surface area contributed by atoms with E-state index in [2.05, 4.69) is 10.1 Å². The van der Waals surface area contributed by atoms with Gasteiger partial charge in [0.05, 0.1) is 6.54 Å². The van der Waals surface area contributed by atoms with Gasteiger partial charge in [-0.3, -0.25) is 5.43 Å². The van der Waals surface area contributed by atoms with E-state index in [0.717, 1.165) is 0 Å². The van der Waals surface area contributed by atoms with Crippen LogP contribution in [0.5, 0.6) is 0 Å². The summed E-state index contributed by atoms with van der Waals surface area (Å²) in [4.78, 5) is 22.5. The van der Waals surface area contributed by atoms with E-state index in [1.165, 1.54) is 0 Å². The fourth-order valence-corrected chi connectivity index (χ4v) is 0.211. The number of hydrogen-bond donors (Lipinski definition) is 1. The van der Waals surface area contributed by atoms with Gasteiger partial charge in [0, 0.05) is 5.29 Å². The average Bonchev–Trinajstić information content (AvgIpc) is 1.80. The lowest BCUT2D eigenvalue weighted by Gasteiger charge is -1.93. The molecular weight excluding hydrogens is 130 g/mol. The van der Waals surface area contributed by atoms with Gasteiger partial charge in [-0.2, -0.15) is 0 Å². The third-order valence-electron chi connectivity index (χ3n) is 0.475. The van der Waals surface area contributed by atoms with Crippen molar-refractivity contribution >= 4 is 0 Å². The van der Waals surface area contributed by atoms with Gasteiger partial charge in [-0.15, -0.1) is 15.0 Å². The number of nitrogens with zero attached hydrogens (tertiary/aromatic N) is 2. The van der Waals surface area contributed by atoms with Crippen LogP contribution in [-0.4, -0.2) is 18.2 Å². The first-order chi connectivity index (χ1) is 4.27. The van der Waals surface area contributed by atoms with Crippen molar-refractivity contribution in [1.29, 1.82) is 0 Å². The molecule has 0 heterocycles. The smallest absolute Gasteiger partial charge is 0.294 e. The van der Waals surface area contributed by atoms with Gasteiger partial charge in [0.2, 0.25) is 0 Å². The summed E-state index contributed by atoms with van der Waals surface area (Å²) >= 11 is 0. The molecule has 0 amide bonds. The summed E-state index contributed by atoms with van der Waals surface area (Å²) in [7, 11) is 0. The van der Waals surface area contributed by atoms with Crippen molar-refractivity contribution in [2.24, 2.45) is 5.29 Å². The molecule has 0 aliphatic carbocycles. The Morgan fingerprint density at radius 2 is 2.44 bits per heavy atom. The average molecular weight is 135 g/mol. The zero-order valence-electron chi connectivity index (χ0n) is 4.44. The molecule has 7 heteroatoms. The number of nitrogens with one attached hydrogen (secondary N) is 1. The fraction of sp³-hybridized carbons (Fsp3) is 1.00. The van der Waals surface area contributed by atoms with Crippen molar-refractivity contribution in [2.45, 2.75) is 0 Å². The molecule has 0 rings (SSSR count). The van der Waals surface area contributed by atoms with E-state index in [-0.39, 0.29) is 13.2 Å². The summed E-state index contributed by atoms with van der Waals surface area (Å²) in [6, 6.07) is 0. The van der Waals surface area contributed by atoms with Crippen molar-refractivity contribution in [1.82, 2.24) is 5.43 Å². The normalized spacial score (nSPS) is 8.00. The molecule has 0 aliphatic rings. The Morgan fingerprint density at radius 1 is 1.78 bits per heavy atom. The predicted molar refractivity (Wildman–Crippen MR) is 26.7 cm³/mol. The molecule has 0 fully saturated rings. The van der Waals surface area contributed by atoms with Crippen LogP contribution in [0.15, 0.2) is 5.29 Å². The minimum atomic E-state index is -0.938. The van der Waals surface area contributed by atoms with E-state index in [9.17, 15) is 15.0 Å². The zero-order chi connectivity index (χ0) is 7.11. The molecule has 0 bridgehead atoms. The fourth-order valence-electron chi connectivity index (χ4n) is 0.211. The predicted octanol–water partition coefficient (Wildman–Crippen LogP) is -0.534. The molecule has 0 aromatic carbocycles. The van der Waals surface area contributed by atoms with E-state index >= 15 is 0 Å². The van der Waals surface area contributed by atoms with E-state index in [1.54, 1.807) is 0 Å². The van der Waals surface area contributed by atoms with Gasteiger partial charge in [0.15, 0.2) is 0 Å². The highest BCUT2D eigenvalue weighted by Gasteiger charge is 1.91. The standard InChI is InChI=1S/C2H5N3O4/c6-4-3-1-2-9-5(7)8/h1-2H2,(H,3,6). The van der Waals surface area contributed by atoms with Crippen LogP contribution in [0.3, 0.4) is 0 Å². The second kappa shape index (κ2) is 4.75. The Hall–Kier alpha value is -1.40. The molecule has 0 aliphatic heterocycles. The lowest BCUT2D eigenvalue weighted by atomic mass is 10.7. The van der Waals surface area contributed by atoms with Crippen molar-refractivity contribution in [3.63, 3.8) is 0 Å². The van der Waals surface area contributed by atoms with E-state index < -0.39 is 5.09 Å². The molecule has 0 aromatic heterocycles. The molecule has 0 saturated heterocycles. The summed E-state index contributed by atoms with van der Waals surface area (Å²) in [5, 5.41) is 10.7. The highest BCUT2D eigenvalue weighted by atomic mass is 16.9. The SMILES string of the molecule is O=NNCCO[N+](=O)[O-]. The van der Waals surface area contributed by atoms with Gasteiger partial charge in [0.25, 0.3) is 5.09 Å². The van der Waals surface area contributed by atoms with Crippen LogP contribution in [0.4, 0.5) is 0 Å². The van der Waals surface area contributed by atoms with Crippen molar-refractivity contribution < 1.29 is 9.92 Å². The Labute approximate surface area is 50.0 Å². The van der Waals surface area contributed by atoms with Crippen LogP contribution in [-0.2, 0) is 4.84 Å². The third-order valence-corrected chi connectivity index (χ3v) is 0.475. The van der Waals surface area contributed by atoms with Crippen LogP contribution in [0.2, 0.25) is 0 Å². The van der Waals surface area contributed by atoms with Crippen molar-refractivity contribution in [3.05, 3.63) is 15.0 Å². The lowest BCUT2D eigenvalue weighted by molar-refractivity contribution is -0.757. The first-order valence-corrected chi connectivity index (χ1v) is 2.10. The first-order valence-electron chi connectivity index (χ1n) is 2.10. The highest BCUT2D eigenvalue weighted by molar-refractivity contribution is 4.31. The third kappa shape index (κ3) is 6.60. The molecule has 0 atom stereocenters. The van der Waals surface area contributed by atoms with Crippen LogP contribution in [0, 0.1) is 15.0 Å². The number of nitroso groups, excluding NO2 is 1. The van der Waals surface area contributed by atoms with Crippen LogP contribution < -0.4 is 5.43 Å². The second-order valence-electron chi connectivity index (χ2n) is 1.06. The van der Waals surface area contributed by atoms with Gasteiger partial charge in [-0.25, -0.2) is 0 Å². The summed E-state index contributed by atoms with van der Waals surface area (Å²) in [5.41, 5.74) is 1.94. The maximum atomic E-state index is 9.41. The Morgan fingerprint density at radius 3 is 2.89 bits per heavy atom. The molecule has 0 spiro atoms. The van der Waals surface area contributed by atoms with Crippen molar-refractivity contribution in [2.75, 3.05) is 13.2 Å². The summed E-state index contributed by atoms with van der Waals surface area (Å²) < 4.78 is 0. The number of hydrogen-bond acceptors (Lipinski definition) is 5. The second-order valence-corrected chi connectivity index (χ2v) is 1.06. The Kier molecular flexibility index (Phi) is 4.01. The van der Waals surface area contributed by atoms with Crippen LogP contribution >= 0.6 is 0 Å². The van der Waals surface area contributed by atoms with Gasteiger partial charge >= 0.3 is 0 Å². The van der Waals surface area contributed by atoms with Crippen molar-refractivity contribution in [3.8, 4) is 0 Å². The summed E-state index contributed by atoms with van der Waals surface area (Å²) in [5.74, 6) is 0. The van der Waals surface area contributed by atoms with Crippen LogP contribution in [0.25, 0.3) is 0 Å². The molecule has 0 aromatic rings. The molecular formula is C2H5N3O4. The summed E-state index contributed by atoms with van der Waals surface area (Å²) in [6.07, 6.45) is 0. The maximum absolute atomic E-state index is 9.41. The Balaban J connectivity index is 2.91. The van der Waals surface area contributed by atoms with Gasteiger partial charge in [-0.1, -0.05) is 0 Å². The largest absolute Gasteiger partial charge is 0.312 e. The highest BCUT2D eigenvalue weighted by Crippen LogP contribution is 1.71. The topological polar surface area (TPSA) is 93.8 Å². The lowest BCUT2D eigenvalue weighted by Crippen LogP contribution is -2.15. The molecule has 0 saturated carbocycles. The van der Waals surface area contributed by atoms with Gasteiger partial charge in [-0.05, 0) is 0 Å². The van der Waals surface area contributed by atoms with E-state index in [0.29, 0.717) is 0 Å². The monoisotopic (exact) mass is 135 g/mol. The maximum Gasteiger partial charge on any atom is 0.294 e. The van der Waals surface area contributed by atoms with Crippen LogP contribution in [0.1, 0.15) is 0 Å². The van der Waals surface area contributed by atoms with E-state index in [4.69, 9.17) is 0 Å². The molecule has 1 N–H and O–H groups in total. The first kappa shape index (κ1) is 7.60. The molecule has 52 valence electrons. The minimum Gasteiger partial charge on any atom is -0.312 e. The molecule has 7 nitrogen and oxygen atoms in total. The Bertz CT molecular complexity index is 104.